The summed E-state index contributed by atoms with van der Waals surface area (Å²) in [7, 11) is -3.65. The molecule has 0 aromatic heterocycles. The fraction of sp³-hybridized carbons (Fsp3) is 0.316. The highest BCUT2D eigenvalue weighted by Crippen LogP contribution is 2.19. The predicted molar refractivity (Wildman–Crippen MR) is 98.9 cm³/mol. The maximum absolute atomic E-state index is 13.4. The Labute approximate surface area is 153 Å². The second kappa shape index (κ2) is 8.42. The lowest BCUT2D eigenvalue weighted by molar-refractivity contribution is 0.0751. The van der Waals surface area contributed by atoms with Gasteiger partial charge >= 0.3 is 0 Å². The molecule has 2 aromatic rings. The molecule has 5 nitrogen and oxygen atoms in total. The molecule has 1 amide bonds. The van der Waals surface area contributed by atoms with E-state index < -0.39 is 10.0 Å². The van der Waals surface area contributed by atoms with Crippen molar-refractivity contribution in [2.24, 2.45) is 0 Å². The fourth-order valence-electron chi connectivity index (χ4n) is 2.63. The highest BCUT2D eigenvalue weighted by atomic mass is 32.2. The van der Waals surface area contributed by atoms with E-state index in [9.17, 15) is 17.6 Å². The SMILES string of the molecule is CCNS(=O)(=O)c1ccc(C)c(C(=O)N(CC)Cc2cccc(F)c2)c1. The lowest BCUT2D eigenvalue weighted by Gasteiger charge is -2.22. The Morgan fingerprint density at radius 1 is 1.15 bits per heavy atom. The minimum Gasteiger partial charge on any atom is -0.335 e. The van der Waals surface area contributed by atoms with Crippen LogP contribution >= 0.6 is 0 Å². The summed E-state index contributed by atoms with van der Waals surface area (Å²) in [6, 6.07) is 10.6. The van der Waals surface area contributed by atoms with Crippen molar-refractivity contribution in [3.63, 3.8) is 0 Å². The number of sulfonamides is 1. The van der Waals surface area contributed by atoms with E-state index in [1.807, 2.05) is 6.92 Å². The quantitative estimate of drug-likeness (QED) is 0.805. The number of carbonyl (C=O) groups excluding carboxylic acids is 1. The highest BCUT2D eigenvalue weighted by molar-refractivity contribution is 7.89. The third-order valence-electron chi connectivity index (χ3n) is 4.02. The molecule has 0 aliphatic rings. The van der Waals surface area contributed by atoms with Crippen LogP contribution in [0.3, 0.4) is 0 Å². The van der Waals surface area contributed by atoms with Gasteiger partial charge in [-0.15, -0.1) is 0 Å². The first-order valence-corrected chi connectivity index (χ1v) is 9.90. The van der Waals surface area contributed by atoms with E-state index in [4.69, 9.17) is 0 Å². The number of hydrogen-bond acceptors (Lipinski definition) is 3. The van der Waals surface area contributed by atoms with Gasteiger partial charge in [-0.1, -0.05) is 25.1 Å². The van der Waals surface area contributed by atoms with Gasteiger partial charge in [-0.25, -0.2) is 17.5 Å². The zero-order chi connectivity index (χ0) is 19.3. The third-order valence-corrected chi connectivity index (χ3v) is 5.56. The van der Waals surface area contributed by atoms with Crippen molar-refractivity contribution in [1.29, 1.82) is 0 Å². The Kier molecular flexibility index (Phi) is 6.50. The van der Waals surface area contributed by atoms with Crippen LogP contribution in [0.25, 0.3) is 0 Å². The standard InChI is InChI=1S/C19H23FN2O3S/c1-4-21-26(24,25)17-10-9-14(3)18(12-17)19(23)22(5-2)13-15-7-6-8-16(20)11-15/h6-12,21H,4-5,13H2,1-3H3. The summed E-state index contributed by atoms with van der Waals surface area (Å²) in [6.45, 7) is 6.20. The van der Waals surface area contributed by atoms with Gasteiger partial charge in [-0.2, -0.15) is 0 Å². The normalized spacial score (nSPS) is 11.4. The molecule has 0 aliphatic heterocycles. The molecule has 0 aliphatic carbocycles. The van der Waals surface area contributed by atoms with E-state index in [0.717, 1.165) is 0 Å². The first-order valence-electron chi connectivity index (χ1n) is 8.42. The van der Waals surface area contributed by atoms with Crippen LogP contribution in [0, 0.1) is 12.7 Å². The second-order valence-corrected chi connectivity index (χ2v) is 7.69. The first-order chi connectivity index (χ1) is 12.3. The van der Waals surface area contributed by atoms with Crippen molar-refractivity contribution in [1.82, 2.24) is 9.62 Å². The molecule has 140 valence electrons. The van der Waals surface area contributed by atoms with Crippen LogP contribution in [-0.4, -0.2) is 32.3 Å². The number of hydrogen-bond donors (Lipinski definition) is 1. The Bertz CT molecular complexity index is 897. The van der Waals surface area contributed by atoms with Crippen LogP contribution in [0.2, 0.25) is 0 Å². The van der Waals surface area contributed by atoms with E-state index in [1.165, 1.54) is 24.3 Å². The van der Waals surface area contributed by atoms with Crippen molar-refractivity contribution in [3.8, 4) is 0 Å². The number of nitrogens with one attached hydrogen (secondary N) is 1. The van der Waals surface area contributed by atoms with Gasteiger partial charge < -0.3 is 4.90 Å². The predicted octanol–water partition coefficient (Wildman–Crippen LogP) is 3.09. The summed E-state index contributed by atoms with van der Waals surface area (Å²) < 4.78 is 40.2. The van der Waals surface area contributed by atoms with E-state index >= 15 is 0 Å². The summed E-state index contributed by atoms with van der Waals surface area (Å²) in [5.41, 5.74) is 1.68. The number of halogens is 1. The number of aryl methyl sites for hydroxylation is 1. The summed E-state index contributed by atoms with van der Waals surface area (Å²) >= 11 is 0. The average molecular weight is 378 g/mol. The van der Waals surface area contributed by atoms with Crippen LogP contribution in [-0.2, 0) is 16.6 Å². The molecule has 7 heteroatoms. The van der Waals surface area contributed by atoms with Crippen molar-refractivity contribution in [2.45, 2.75) is 32.2 Å². The first kappa shape index (κ1) is 20.1. The van der Waals surface area contributed by atoms with E-state index in [0.29, 0.717) is 23.2 Å². The Morgan fingerprint density at radius 2 is 1.88 bits per heavy atom. The zero-order valence-corrected chi connectivity index (χ0v) is 15.9. The maximum atomic E-state index is 13.4. The average Bonchev–Trinajstić information content (AvgIpc) is 2.59. The lowest BCUT2D eigenvalue weighted by atomic mass is 10.1. The summed E-state index contributed by atoms with van der Waals surface area (Å²) in [6.07, 6.45) is 0. The molecule has 0 saturated carbocycles. The van der Waals surface area contributed by atoms with Gasteiger partial charge in [0.05, 0.1) is 4.90 Å². The minimum absolute atomic E-state index is 0.0510. The van der Waals surface area contributed by atoms with Crippen molar-refractivity contribution in [3.05, 3.63) is 65.0 Å². The molecule has 2 rings (SSSR count). The van der Waals surface area contributed by atoms with Gasteiger partial charge in [0.2, 0.25) is 10.0 Å². The fourth-order valence-corrected chi connectivity index (χ4v) is 3.69. The minimum atomic E-state index is -3.65. The molecular weight excluding hydrogens is 355 g/mol. The molecule has 2 aromatic carbocycles. The largest absolute Gasteiger partial charge is 0.335 e. The number of rotatable bonds is 7. The molecule has 0 spiro atoms. The highest BCUT2D eigenvalue weighted by Gasteiger charge is 2.21. The van der Waals surface area contributed by atoms with E-state index in [2.05, 4.69) is 4.72 Å². The molecule has 0 atom stereocenters. The molecule has 0 radical (unpaired) electrons. The van der Waals surface area contributed by atoms with E-state index in [-0.39, 0.29) is 29.7 Å². The third kappa shape index (κ3) is 4.68. The van der Waals surface area contributed by atoms with Crippen molar-refractivity contribution in [2.75, 3.05) is 13.1 Å². The summed E-state index contributed by atoms with van der Waals surface area (Å²) in [5, 5.41) is 0. The number of benzene rings is 2. The smallest absolute Gasteiger partial charge is 0.254 e. The van der Waals surface area contributed by atoms with Crippen molar-refractivity contribution < 1.29 is 17.6 Å². The van der Waals surface area contributed by atoms with Crippen LogP contribution < -0.4 is 4.72 Å². The Morgan fingerprint density at radius 3 is 2.50 bits per heavy atom. The van der Waals surface area contributed by atoms with Gasteiger partial charge in [0.25, 0.3) is 5.91 Å². The van der Waals surface area contributed by atoms with Crippen molar-refractivity contribution >= 4 is 15.9 Å². The Balaban J connectivity index is 2.34. The molecule has 1 N–H and O–H groups in total. The lowest BCUT2D eigenvalue weighted by Crippen LogP contribution is -2.31. The van der Waals surface area contributed by atoms with Gasteiger partial charge in [0, 0.05) is 25.2 Å². The van der Waals surface area contributed by atoms with Crippen LogP contribution in [0.5, 0.6) is 0 Å². The van der Waals surface area contributed by atoms with Gasteiger partial charge in [-0.05, 0) is 49.2 Å². The zero-order valence-electron chi connectivity index (χ0n) is 15.1. The number of amides is 1. The monoisotopic (exact) mass is 378 g/mol. The van der Waals surface area contributed by atoms with Gasteiger partial charge in [0.1, 0.15) is 5.82 Å². The Hall–Kier alpha value is -2.25. The van der Waals surface area contributed by atoms with E-state index in [1.54, 1.807) is 36.9 Å². The van der Waals surface area contributed by atoms with Gasteiger partial charge in [0.15, 0.2) is 0 Å². The number of nitrogens with zero attached hydrogens (tertiary/aromatic N) is 1. The van der Waals surface area contributed by atoms with Crippen LogP contribution in [0.1, 0.15) is 35.3 Å². The molecule has 0 saturated heterocycles. The number of carbonyl (C=O) groups is 1. The molecular formula is C19H23FN2O3S. The second-order valence-electron chi connectivity index (χ2n) is 5.93. The van der Waals surface area contributed by atoms with Crippen LogP contribution in [0.4, 0.5) is 4.39 Å². The summed E-state index contributed by atoms with van der Waals surface area (Å²) in [5.74, 6) is -0.649. The maximum Gasteiger partial charge on any atom is 0.254 e. The molecule has 0 heterocycles. The molecule has 0 bridgehead atoms. The van der Waals surface area contributed by atoms with Gasteiger partial charge in [-0.3, -0.25) is 4.79 Å². The molecule has 0 fully saturated rings. The molecule has 26 heavy (non-hydrogen) atoms. The molecule has 0 unspecified atom stereocenters. The summed E-state index contributed by atoms with van der Waals surface area (Å²) in [4.78, 5) is 14.5. The topological polar surface area (TPSA) is 66.5 Å². The van der Waals surface area contributed by atoms with Crippen LogP contribution in [0.15, 0.2) is 47.4 Å².